The fourth-order valence-corrected chi connectivity index (χ4v) is 1.53. The molecule has 0 aromatic carbocycles. The highest BCUT2D eigenvalue weighted by atomic mass is 16.5. The Hall–Kier alpha value is -1.31. The second-order valence-corrected chi connectivity index (χ2v) is 4.66. The van der Waals surface area contributed by atoms with E-state index in [2.05, 4.69) is 6.58 Å². The molecule has 0 saturated carbocycles. The van der Waals surface area contributed by atoms with Crippen molar-refractivity contribution < 1.29 is 9.53 Å². The molecule has 0 spiro atoms. The third-order valence-corrected chi connectivity index (χ3v) is 2.47. The molecule has 2 nitrogen and oxygen atoms in total. The van der Waals surface area contributed by atoms with Crippen molar-refractivity contribution in [1.82, 2.24) is 0 Å². The smallest absolute Gasteiger partial charge is 0.335 e. The quantitative estimate of drug-likeness (QED) is 0.181. The van der Waals surface area contributed by atoms with Gasteiger partial charge in [-0.05, 0) is 45.6 Å². The van der Waals surface area contributed by atoms with Crippen LogP contribution in [0.25, 0.3) is 0 Å². The van der Waals surface area contributed by atoms with Crippen LogP contribution in [-0.2, 0) is 9.53 Å². The maximum atomic E-state index is 11.1. The molecule has 0 bridgehead atoms. The van der Waals surface area contributed by atoms with Gasteiger partial charge >= 0.3 is 5.97 Å². The fraction of sp³-hybridized carbons (Fsp3) is 0.562. The normalized spacial score (nSPS) is 10.3. The third-order valence-electron chi connectivity index (χ3n) is 2.47. The molecule has 0 aromatic heterocycles. The summed E-state index contributed by atoms with van der Waals surface area (Å²) in [4.78, 5) is 11.1. The van der Waals surface area contributed by atoms with Gasteiger partial charge in [0.2, 0.25) is 0 Å². The molecule has 0 aliphatic carbocycles. The summed E-state index contributed by atoms with van der Waals surface area (Å²) in [6.45, 7) is 7.45. The van der Waals surface area contributed by atoms with E-state index in [0.717, 1.165) is 24.8 Å². The van der Waals surface area contributed by atoms with Crippen molar-refractivity contribution in [3.8, 4) is 0 Å². The van der Waals surface area contributed by atoms with Crippen LogP contribution in [0, 0.1) is 0 Å². The molecule has 0 heterocycles. The van der Waals surface area contributed by atoms with Crippen molar-refractivity contribution >= 4 is 5.97 Å². The van der Waals surface area contributed by atoms with Crippen LogP contribution >= 0.6 is 0 Å². The van der Waals surface area contributed by atoms with Gasteiger partial charge in [-0.1, -0.05) is 30.9 Å². The van der Waals surface area contributed by atoms with E-state index < -0.39 is 0 Å². The number of hydrogen-bond acceptors (Lipinski definition) is 2. The molecule has 0 aromatic rings. The molecule has 102 valence electrons. The molecular weight excluding hydrogens is 224 g/mol. The van der Waals surface area contributed by atoms with Crippen LogP contribution in [0.1, 0.15) is 58.8 Å². The standard InChI is InChI=1S/C16H26O2/c1-4-5-6-7-8-9-10-11-12-13-18-16(17)14-15(2)3/h4,12-14H,1,5-11H2,2-3H3/b13-12-. The number of unbranched alkanes of at least 4 members (excludes halogenated alkanes) is 6. The van der Waals surface area contributed by atoms with E-state index in [1.807, 2.05) is 26.0 Å². The Morgan fingerprint density at radius 2 is 1.67 bits per heavy atom. The van der Waals surface area contributed by atoms with Gasteiger partial charge < -0.3 is 4.74 Å². The summed E-state index contributed by atoms with van der Waals surface area (Å²) < 4.78 is 4.91. The molecule has 18 heavy (non-hydrogen) atoms. The molecule has 0 radical (unpaired) electrons. The lowest BCUT2D eigenvalue weighted by molar-refractivity contribution is -0.132. The van der Waals surface area contributed by atoms with E-state index in [9.17, 15) is 4.79 Å². The van der Waals surface area contributed by atoms with E-state index in [4.69, 9.17) is 4.74 Å². The predicted octanol–water partition coefficient (Wildman–Crippen LogP) is 4.93. The Balaban J connectivity index is 3.36. The number of carbonyl (C=O) groups excluding carboxylic acids is 1. The topological polar surface area (TPSA) is 26.3 Å². The van der Waals surface area contributed by atoms with Crippen molar-refractivity contribution in [3.05, 3.63) is 36.6 Å². The van der Waals surface area contributed by atoms with Crippen molar-refractivity contribution in [3.63, 3.8) is 0 Å². The van der Waals surface area contributed by atoms with Gasteiger partial charge in [0.05, 0.1) is 6.26 Å². The number of carbonyl (C=O) groups is 1. The van der Waals surface area contributed by atoms with Crippen LogP contribution in [0.4, 0.5) is 0 Å². The van der Waals surface area contributed by atoms with E-state index in [-0.39, 0.29) is 5.97 Å². The van der Waals surface area contributed by atoms with Gasteiger partial charge in [-0.15, -0.1) is 6.58 Å². The zero-order valence-corrected chi connectivity index (χ0v) is 11.8. The maximum absolute atomic E-state index is 11.1. The summed E-state index contributed by atoms with van der Waals surface area (Å²) in [5, 5.41) is 0. The van der Waals surface area contributed by atoms with Crippen molar-refractivity contribution in [2.75, 3.05) is 0 Å². The lowest BCUT2D eigenvalue weighted by Crippen LogP contribution is -1.94. The summed E-state index contributed by atoms with van der Waals surface area (Å²) in [5.74, 6) is -0.296. The number of ether oxygens (including phenoxy) is 1. The van der Waals surface area contributed by atoms with Gasteiger partial charge in [0.25, 0.3) is 0 Å². The molecule has 0 aliphatic rings. The lowest BCUT2D eigenvalue weighted by atomic mass is 10.1. The molecular formula is C16H26O2. The summed E-state index contributed by atoms with van der Waals surface area (Å²) in [6, 6.07) is 0. The number of esters is 1. The van der Waals surface area contributed by atoms with Crippen LogP contribution in [0.5, 0.6) is 0 Å². The summed E-state index contributed by atoms with van der Waals surface area (Å²) >= 11 is 0. The summed E-state index contributed by atoms with van der Waals surface area (Å²) in [5.41, 5.74) is 0.952. The molecule has 0 fully saturated rings. The lowest BCUT2D eigenvalue weighted by Gasteiger charge is -1.98. The van der Waals surface area contributed by atoms with Gasteiger partial charge in [-0.3, -0.25) is 0 Å². The SMILES string of the molecule is C=CCCCCCCC/C=C\OC(=O)C=C(C)C. The average molecular weight is 250 g/mol. The molecule has 2 heteroatoms. The zero-order chi connectivity index (χ0) is 13.6. The predicted molar refractivity (Wildman–Crippen MR) is 77.2 cm³/mol. The minimum Gasteiger partial charge on any atom is -0.432 e. The van der Waals surface area contributed by atoms with Crippen molar-refractivity contribution in [1.29, 1.82) is 0 Å². The van der Waals surface area contributed by atoms with Gasteiger partial charge in [-0.25, -0.2) is 4.79 Å². The Kier molecular flexibility index (Phi) is 11.3. The first kappa shape index (κ1) is 16.7. The first-order chi connectivity index (χ1) is 8.66. The third kappa shape index (κ3) is 12.8. The highest BCUT2D eigenvalue weighted by Crippen LogP contribution is 2.07. The first-order valence-electron chi connectivity index (χ1n) is 6.78. The van der Waals surface area contributed by atoms with Crippen LogP contribution in [0.15, 0.2) is 36.6 Å². The molecule has 0 rings (SSSR count). The number of rotatable bonds is 10. The maximum Gasteiger partial charge on any atom is 0.335 e. The second kappa shape index (κ2) is 12.2. The van der Waals surface area contributed by atoms with Gasteiger partial charge in [0, 0.05) is 6.08 Å². The highest BCUT2D eigenvalue weighted by molar-refractivity contribution is 5.83. The highest BCUT2D eigenvalue weighted by Gasteiger charge is 1.93. The van der Waals surface area contributed by atoms with Gasteiger partial charge in [-0.2, -0.15) is 0 Å². The summed E-state index contributed by atoms with van der Waals surface area (Å²) in [6.07, 6.45) is 15.2. The minimum absolute atomic E-state index is 0.296. The van der Waals surface area contributed by atoms with Crippen molar-refractivity contribution in [2.24, 2.45) is 0 Å². The Morgan fingerprint density at radius 3 is 2.28 bits per heavy atom. The Labute approximate surface area is 111 Å². The molecule has 0 aliphatic heterocycles. The average Bonchev–Trinajstić information content (AvgIpc) is 2.30. The number of hydrogen-bond donors (Lipinski definition) is 0. The number of allylic oxidation sites excluding steroid dienone is 3. The Morgan fingerprint density at radius 1 is 1.06 bits per heavy atom. The van der Waals surface area contributed by atoms with E-state index >= 15 is 0 Å². The molecule has 0 atom stereocenters. The first-order valence-corrected chi connectivity index (χ1v) is 6.78. The Bertz CT molecular complexity index is 283. The van der Waals surface area contributed by atoms with Gasteiger partial charge in [0.15, 0.2) is 0 Å². The van der Waals surface area contributed by atoms with Gasteiger partial charge in [0.1, 0.15) is 0 Å². The molecule has 0 unspecified atom stereocenters. The fourth-order valence-electron chi connectivity index (χ4n) is 1.53. The zero-order valence-electron chi connectivity index (χ0n) is 11.8. The largest absolute Gasteiger partial charge is 0.432 e. The van der Waals surface area contributed by atoms with Crippen LogP contribution in [0.3, 0.4) is 0 Å². The second-order valence-electron chi connectivity index (χ2n) is 4.66. The molecule has 0 saturated heterocycles. The van der Waals surface area contributed by atoms with E-state index in [0.29, 0.717) is 0 Å². The van der Waals surface area contributed by atoms with Crippen LogP contribution in [0.2, 0.25) is 0 Å². The van der Waals surface area contributed by atoms with Crippen molar-refractivity contribution in [2.45, 2.75) is 58.8 Å². The van der Waals surface area contributed by atoms with E-state index in [1.54, 1.807) is 0 Å². The van der Waals surface area contributed by atoms with Crippen LogP contribution < -0.4 is 0 Å². The van der Waals surface area contributed by atoms with E-state index in [1.165, 1.54) is 38.0 Å². The monoisotopic (exact) mass is 250 g/mol. The summed E-state index contributed by atoms with van der Waals surface area (Å²) in [7, 11) is 0. The minimum atomic E-state index is -0.296. The molecule has 0 amide bonds. The van der Waals surface area contributed by atoms with Crippen LogP contribution in [-0.4, -0.2) is 5.97 Å². The molecule has 0 N–H and O–H groups in total.